The number of phenolic OH excluding ortho intramolecular Hbond substituents is 1. The van der Waals surface area contributed by atoms with Crippen molar-refractivity contribution in [1.29, 1.82) is 0 Å². The van der Waals surface area contributed by atoms with Crippen LogP contribution in [-0.2, 0) is 19.1 Å². The van der Waals surface area contributed by atoms with Gasteiger partial charge in [0.15, 0.2) is 0 Å². The Kier molecular flexibility index (Phi) is 24.8. The lowest BCUT2D eigenvalue weighted by Gasteiger charge is -2.25. The third-order valence-electron chi connectivity index (χ3n) is 7.91. The standard InChI is InChI=1S/C35H47ClN4O7.3C2H6/c1-7-24(20-28(34(44)47-22(2)3)38-33(43)32-27(36)10-8-11-30(32)41)13-12-23(4)40-31(42)21-25-14-15-26(46-19-9-18-37-5)16-17-29(25)39(6)35(40)45;3*1-2/h8,10-13,16-17,22,26,28,37,41H,7,9,14-15,18-21H2,1-6H3,(H,38,43);3*1-2H3/b23-12+,24-13+;;;. The number of halogens is 1. The molecule has 0 fully saturated rings. The van der Waals surface area contributed by atoms with Crippen LogP contribution in [0.2, 0.25) is 5.02 Å². The number of likely N-dealkylation sites (N-methyl/N-ethyl adjacent to an activating group) is 1. The Bertz CT molecular complexity index is 1430. The molecule has 1 heterocycles. The van der Waals surface area contributed by atoms with Crippen molar-refractivity contribution in [1.82, 2.24) is 20.4 Å². The number of carbonyl (C=O) groups excluding carboxylic acids is 4. The van der Waals surface area contributed by atoms with Crippen molar-refractivity contribution in [3.63, 3.8) is 0 Å². The maximum absolute atomic E-state index is 13.6. The van der Waals surface area contributed by atoms with Crippen LogP contribution in [0.5, 0.6) is 5.75 Å². The van der Waals surface area contributed by atoms with Crippen LogP contribution >= 0.6 is 11.6 Å². The molecule has 0 saturated carbocycles. The summed E-state index contributed by atoms with van der Waals surface area (Å²) in [5.74, 6) is -2.02. The van der Waals surface area contributed by atoms with Gasteiger partial charge in [-0.25, -0.2) is 14.5 Å². The molecular weight excluding hydrogens is 696 g/mol. The van der Waals surface area contributed by atoms with Crippen molar-refractivity contribution >= 4 is 35.4 Å². The van der Waals surface area contributed by atoms with Gasteiger partial charge in [-0.3, -0.25) is 14.5 Å². The molecule has 3 N–H and O–H groups in total. The summed E-state index contributed by atoms with van der Waals surface area (Å²) in [4.78, 5) is 55.9. The molecule has 1 aromatic carbocycles. The number of aromatic hydroxyl groups is 1. The summed E-state index contributed by atoms with van der Waals surface area (Å²) in [5.41, 5.74) is 2.61. The topological polar surface area (TPSA) is 138 Å². The Hall–Kier alpha value is -3.93. The number of amides is 4. The number of nitrogens with zero attached hydrogens (tertiary/aromatic N) is 2. The number of esters is 1. The number of allylic oxidation sites excluding steroid dienone is 4. The monoisotopic (exact) mass is 760 g/mol. The average molecular weight is 761 g/mol. The normalized spacial score (nSPS) is 16.5. The summed E-state index contributed by atoms with van der Waals surface area (Å²) in [6.07, 6.45) is 9.65. The van der Waals surface area contributed by atoms with E-state index in [4.69, 9.17) is 21.1 Å². The number of urea groups is 1. The molecule has 0 bridgehead atoms. The molecule has 3 rings (SSSR count). The molecule has 2 unspecified atom stereocenters. The van der Waals surface area contributed by atoms with Crippen molar-refractivity contribution in [2.24, 2.45) is 0 Å². The van der Waals surface area contributed by atoms with Gasteiger partial charge in [-0.15, -0.1) is 0 Å². The fourth-order valence-corrected chi connectivity index (χ4v) is 5.61. The van der Waals surface area contributed by atoms with Crippen LogP contribution in [0.1, 0.15) is 118 Å². The van der Waals surface area contributed by atoms with E-state index in [1.54, 1.807) is 40.0 Å². The molecule has 12 heteroatoms. The third-order valence-corrected chi connectivity index (χ3v) is 8.23. The average Bonchev–Trinajstić information content (AvgIpc) is 3.39. The molecule has 1 aliphatic heterocycles. The van der Waals surface area contributed by atoms with Crippen LogP contribution in [0.25, 0.3) is 0 Å². The van der Waals surface area contributed by atoms with Gasteiger partial charge >= 0.3 is 12.0 Å². The second kappa shape index (κ2) is 26.8. The molecular formula is C41H65ClN4O7. The Balaban J connectivity index is 0.00000428. The van der Waals surface area contributed by atoms with Crippen molar-refractivity contribution in [3.05, 3.63) is 75.6 Å². The SMILES string of the molecule is CC.CC.CC.CC/C(=C\C=C(/C)N1C(=O)CC2=C(C=CC(OCCCNC)CC2)N(C)C1=O)CC(NC(=O)c1c(O)cccc1Cl)C(=O)OC(C)C. The van der Waals surface area contributed by atoms with Gasteiger partial charge in [0, 0.05) is 25.0 Å². The molecule has 4 amide bonds. The van der Waals surface area contributed by atoms with Crippen molar-refractivity contribution in [3.8, 4) is 5.75 Å². The van der Waals surface area contributed by atoms with E-state index >= 15 is 0 Å². The summed E-state index contributed by atoms with van der Waals surface area (Å²) >= 11 is 6.16. The van der Waals surface area contributed by atoms with Gasteiger partial charge in [-0.2, -0.15) is 0 Å². The van der Waals surface area contributed by atoms with E-state index in [0.29, 0.717) is 37.3 Å². The highest BCUT2D eigenvalue weighted by molar-refractivity contribution is 6.34. The van der Waals surface area contributed by atoms with E-state index in [9.17, 15) is 24.3 Å². The zero-order valence-electron chi connectivity index (χ0n) is 34.1. The summed E-state index contributed by atoms with van der Waals surface area (Å²) in [5, 5.41) is 16.0. The zero-order chi connectivity index (χ0) is 40.7. The maximum atomic E-state index is 13.6. The molecule has 1 aliphatic carbocycles. The number of carbonyl (C=O) groups is 4. The Labute approximate surface area is 323 Å². The van der Waals surface area contributed by atoms with E-state index < -0.39 is 30.1 Å². The van der Waals surface area contributed by atoms with Gasteiger partial charge in [0.25, 0.3) is 5.91 Å². The minimum atomic E-state index is -1.09. The minimum absolute atomic E-state index is 0.0376. The van der Waals surface area contributed by atoms with Gasteiger partial charge in [-0.05, 0) is 96.3 Å². The number of rotatable bonds is 14. The number of ether oxygens (including phenoxy) is 2. The number of phenols is 1. The molecule has 2 aliphatic rings. The predicted molar refractivity (Wildman–Crippen MR) is 215 cm³/mol. The number of hydrogen-bond acceptors (Lipinski definition) is 8. The number of nitrogens with one attached hydrogen (secondary N) is 2. The Morgan fingerprint density at radius 3 is 2.34 bits per heavy atom. The highest BCUT2D eigenvalue weighted by atomic mass is 35.5. The van der Waals surface area contributed by atoms with E-state index in [1.807, 2.05) is 67.7 Å². The number of benzene rings is 1. The van der Waals surface area contributed by atoms with Crippen LogP contribution in [0, 0.1) is 0 Å². The fraction of sp³-hybridized carbons (Fsp3) is 0.561. The molecule has 0 radical (unpaired) electrons. The Morgan fingerprint density at radius 2 is 1.75 bits per heavy atom. The fourth-order valence-electron chi connectivity index (χ4n) is 5.36. The van der Waals surface area contributed by atoms with Gasteiger partial charge in [-0.1, -0.05) is 83.9 Å². The van der Waals surface area contributed by atoms with Crippen LogP contribution in [0.3, 0.4) is 0 Å². The molecule has 11 nitrogen and oxygen atoms in total. The number of hydrogen-bond donors (Lipinski definition) is 3. The van der Waals surface area contributed by atoms with Gasteiger partial charge in [0.1, 0.15) is 11.8 Å². The highest BCUT2D eigenvalue weighted by Crippen LogP contribution is 2.31. The van der Waals surface area contributed by atoms with Gasteiger partial charge in [0.2, 0.25) is 5.91 Å². The van der Waals surface area contributed by atoms with Crippen molar-refractivity contribution < 1.29 is 33.8 Å². The number of imide groups is 1. The van der Waals surface area contributed by atoms with Gasteiger partial charge in [0.05, 0.1) is 29.2 Å². The first-order chi connectivity index (χ1) is 25.4. The lowest BCUT2D eigenvalue weighted by Crippen LogP contribution is -2.43. The highest BCUT2D eigenvalue weighted by Gasteiger charge is 2.34. The first-order valence-corrected chi connectivity index (χ1v) is 19.4. The van der Waals surface area contributed by atoms with Gasteiger partial charge < -0.3 is 25.2 Å². The molecule has 0 spiro atoms. The molecule has 0 saturated heterocycles. The summed E-state index contributed by atoms with van der Waals surface area (Å²) < 4.78 is 11.4. The lowest BCUT2D eigenvalue weighted by atomic mass is 10.0. The van der Waals surface area contributed by atoms with Crippen LogP contribution in [0.15, 0.2) is 65.0 Å². The lowest BCUT2D eigenvalue weighted by molar-refractivity contribution is -0.149. The van der Waals surface area contributed by atoms with E-state index in [-0.39, 0.29) is 41.2 Å². The molecule has 2 atom stereocenters. The Morgan fingerprint density at radius 1 is 1.09 bits per heavy atom. The second-order valence-corrected chi connectivity index (χ2v) is 12.2. The van der Waals surface area contributed by atoms with Crippen LogP contribution in [-0.4, -0.2) is 84.2 Å². The zero-order valence-corrected chi connectivity index (χ0v) is 34.9. The summed E-state index contributed by atoms with van der Waals surface area (Å²) in [6, 6.07) is 2.75. The predicted octanol–water partition coefficient (Wildman–Crippen LogP) is 8.69. The first-order valence-electron chi connectivity index (χ1n) is 19.0. The van der Waals surface area contributed by atoms with Crippen molar-refractivity contribution in [2.45, 2.75) is 126 Å². The molecule has 1 aromatic rings. The van der Waals surface area contributed by atoms with Crippen molar-refractivity contribution in [2.75, 3.05) is 27.2 Å². The second-order valence-electron chi connectivity index (χ2n) is 11.8. The summed E-state index contributed by atoms with van der Waals surface area (Å²) in [6.45, 7) is 20.5. The minimum Gasteiger partial charge on any atom is -0.507 e. The molecule has 0 aromatic heterocycles. The quantitative estimate of drug-likeness (QED) is 0.0974. The maximum Gasteiger partial charge on any atom is 0.335 e. The summed E-state index contributed by atoms with van der Waals surface area (Å²) in [7, 11) is 3.56. The van der Waals surface area contributed by atoms with E-state index in [1.165, 1.54) is 28.0 Å². The molecule has 298 valence electrons. The van der Waals surface area contributed by atoms with Crippen LogP contribution in [0.4, 0.5) is 4.79 Å². The first kappa shape index (κ1) is 49.1. The van der Waals surface area contributed by atoms with E-state index in [0.717, 1.165) is 24.1 Å². The van der Waals surface area contributed by atoms with E-state index in [2.05, 4.69) is 10.6 Å². The van der Waals surface area contributed by atoms with Crippen LogP contribution < -0.4 is 10.6 Å². The largest absolute Gasteiger partial charge is 0.507 e. The third kappa shape index (κ3) is 15.5. The smallest absolute Gasteiger partial charge is 0.335 e. The molecule has 53 heavy (non-hydrogen) atoms.